The van der Waals surface area contributed by atoms with Crippen LogP contribution in [0, 0.1) is 11.6 Å². The molecule has 0 aliphatic heterocycles. The molecule has 7 nitrogen and oxygen atoms in total. The summed E-state index contributed by atoms with van der Waals surface area (Å²) in [6, 6.07) is 11.4. The standard InChI is InChI=1S/C18H13F2N3O4S/c19-12-3-1-5-14(9-12)21-16(24)11-23-18(25)8-7-17(22-23)28(26,27)15-6-2-4-13(20)10-15/h1-10H,11H2,(H,21,24). The van der Waals surface area contributed by atoms with Crippen LogP contribution in [0.2, 0.25) is 0 Å². The molecule has 1 aromatic heterocycles. The molecule has 0 aliphatic rings. The van der Waals surface area contributed by atoms with Gasteiger partial charge in [-0.3, -0.25) is 9.59 Å². The summed E-state index contributed by atoms with van der Waals surface area (Å²) < 4.78 is 52.3. The van der Waals surface area contributed by atoms with Crippen LogP contribution in [0.1, 0.15) is 0 Å². The van der Waals surface area contributed by atoms with Crippen molar-refractivity contribution in [3.63, 3.8) is 0 Å². The number of hydrogen-bond donors (Lipinski definition) is 1. The van der Waals surface area contributed by atoms with E-state index in [4.69, 9.17) is 0 Å². The van der Waals surface area contributed by atoms with Crippen molar-refractivity contribution in [3.8, 4) is 0 Å². The van der Waals surface area contributed by atoms with Gasteiger partial charge in [0.15, 0.2) is 5.03 Å². The molecule has 0 fully saturated rings. The van der Waals surface area contributed by atoms with Crippen molar-refractivity contribution in [3.05, 3.63) is 82.7 Å². The van der Waals surface area contributed by atoms with E-state index in [1.807, 2.05) is 0 Å². The molecule has 144 valence electrons. The molecular formula is C18H13F2N3O4S. The van der Waals surface area contributed by atoms with Crippen LogP contribution in [0.25, 0.3) is 0 Å². The van der Waals surface area contributed by atoms with Crippen LogP contribution in [0.15, 0.2) is 75.4 Å². The van der Waals surface area contributed by atoms with Gasteiger partial charge in [0.1, 0.15) is 18.2 Å². The number of aromatic nitrogens is 2. The predicted octanol–water partition coefficient (Wildman–Crippen LogP) is 1.99. The maximum atomic E-state index is 13.3. The SMILES string of the molecule is O=C(Cn1nc(S(=O)(=O)c2cccc(F)c2)ccc1=O)Nc1cccc(F)c1. The molecule has 1 N–H and O–H groups in total. The van der Waals surface area contributed by atoms with E-state index in [0.717, 1.165) is 30.3 Å². The molecule has 1 heterocycles. The van der Waals surface area contributed by atoms with Gasteiger partial charge in [0, 0.05) is 11.8 Å². The van der Waals surface area contributed by atoms with Crippen molar-refractivity contribution < 1.29 is 22.0 Å². The molecule has 0 unspecified atom stereocenters. The molecular weight excluding hydrogens is 392 g/mol. The Morgan fingerprint density at radius 1 is 1.00 bits per heavy atom. The van der Waals surface area contributed by atoms with E-state index >= 15 is 0 Å². The Kier molecular flexibility index (Phi) is 5.32. The van der Waals surface area contributed by atoms with E-state index in [2.05, 4.69) is 10.4 Å². The van der Waals surface area contributed by atoms with Crippen LogP contribution in [-0.2, 0) is 21.2 Å². The van der Waals surface area contributed by atoms with E-state index in [9.17, 15) is 26.8 Å². The highest BCUT2D eigenvalue weighted by Gasteiger charge is 2.21. The highest BCUT2D eigenvalue weighted by Crippen LogP contribution is 2.18. The van der Waals surface area contributed by atoms with E-state index in [-0.39, 0.29) is 10.6 Å². The first-order valence-corrected chi connectivity index (χ1v) is 9.38. The summed E-state index contributed by atoms with van der Waals surface area (Å²) in [6.07, 6.45) is 0. The van der Waals surface area contributed by atoms with Crippen molar-refractivity contribution in [2.45, 2.75) is 16.5 Å². The molecule has 0 saturated carbocycles. The zero-order valence-corrected chi connectivity index (χ0v) is 15.0. The molecule has 0 aliphatic carbocycles. The first kappa shape index (κ1) is 19.4. The Bertz CT molecular complexity index is 1210. The quantitative estimate of drug-likeness (QED) is 0.700. The lowest BCUT2D eigenvalue weighted by Crippen LogP contribution is -2.30. The fourth-order valence-corrected chi connectivity index (χ4v) is 3.56. The van der Waals surface area contributed by atoms with Crippen LogP contribution in [0.5, 0.6) is 0 Å². The maximum Gasteiger partial charge on any atom is 0.267 e. The minimum absolute atomic E-state index is 0.168. The van der Waals surface area contributed by atoms with Gasteiger partial charge in [-0.15, -0.1) is 0 Å². The lowest BCUT2D eigenvalue weighted by Gasteiger charge is -2.09. The molecule has 0 bridgehead atoms. The largest absolute Gasteiger partial charge is 0.324 e. The van der Waals surface area contributed by atoms with Gasteiger partial charge in [0.25, 0.3) is 5.56 Å². The smallest absolute Gasteiger partial charge is 0.267 e. The van der Waals surface area contributed by atoms with Gasteiger partial charge in [-0.2, -0.15) is 5.10 Å². The van der Waals surface area contributed by atoms with Crippen LogP contribution >= 0.6 is 0 Å². The van der Waals surface area contributed by atoms with Crippen LogP contribution in [-0.4, -0.2) is 24.1 Å². The molecule has 0 radical (unpaired) electrons. The number of rotatable bonds is 5. The third kappa shape index (κ3) is 4.29. The van der Waals surface area contributed by atoms with Gasteiger partial charge >= 0.3 is 0 Å². The number of benzene rings is 2. The van der Waals surface area contributed by atoms with Gasteiger partial charge in [-0.1, -0.05) is 12.1 Å². The molecule has 1 amide bonds. The molecule has 3 rings (SSSR count). The summed E-state index contributed by atoms with van der Waals surface area (Å²) in [4.78, 5) is 23.7. The Hall–Kier alpha value is -3.40. The normalized spacial score (nSPS) is 11.2. The minimum atomic E-state index is -4.19. The summed E-state index contributed by atoms with van der Waals surface area (Å²) in [6.45, 7) is -0.595. The molecule has 10 heteroatoms. The minimum Gasteiger partial charge on any atom is -0.324 e. The summed E-state index contributed by atoms with van der Waals surface area (Å²) >= 11 is 0. The zero-order chi connectivity index (χ0) is 20.3. The molecule has 2 aromatic carbocycles. The Balaban J connectivity index is 1.87. The summed E-state index contributed by atoms with van der Waals surface area (Å²) in [5.74, 6) is -2.01. The monoisotopic (exact) mass is 405 g/mol. The topological polar surface area (TPSA) is 98.1 Å². The number of sulfone groups is 1. The second kappa shape index (κ2) is 7.69. The number of nitrogens with one attached hydrogen (secondary N) is 1. The fraction of sp³-hybridized carbons (Fsp3) is 0.0556. The van der Waals surface area contributed by atoms with Crippen LogP contribution < -0.4 is 10.9 Å². The lowest BCUT2D eigenvalue weighted by atomic mass is 10.3. The second-order valence-corrected chi connectivity index (χ2v) is 7.58. The van der Waals surface area contributed by atoms with E-state index < -0.39 is 44.5 Å². The van der Waals surface area contributed by atoms with Crippen molar-refractivity contribution in [1.82, 2.24) is 9.78 Å². The number of halogens is 2. The number of amides is 1. The zero-order valence-electron chi connectivity index (χ0n) is 14.2. The van der Waals surface area contributed by atoms with Gasteiger partial charge in [0.2, 0.25) is 15.7 Å². The summed E-state index contributed by atoms with van der Waals surface area (Å²) in [7, 11) is -4.19. The van der Waals surface area contributed by atoms with Crippen LogP contribution in [0.3, 0.4) is 0 Å². The summed E-state index contributed by atoms with van der Waals surface area (Å²) in [5.41, 5.74) is -0.547. The third-order valence-electron chi connectivity index (χ3n) is 3.63. The highest BCUT2D eigenvalue weighted by molar-refractivity contribution is 7.91. The Morgan fingerprint density at radius 3 is 2.36 bits per heavy atom. The van der Waals surface area contributed by atoms with Crippen molar-refractivity contribution in [2.75, 3.05) is 5.32 Å². The summed E-state index contributed by atoms with van der Waals surface area (Å²) in [5, 5.41) is 5.57. The highest BCUT2D eigenvalue weighted by atomic mass is 32.2. The maximum absolute atomic E-state index is 13.3. The van der Waals surface area contributed by atoms with Gasteiger partial charge in [-0.25, -0.2) is 21.9 Å². The van der Waals surface area contributed by atoms with Crippen molar-refractivity contribution in [1.29, 1.82) is 0 Å². The number of carbonyl (C=O) groups excluding carboxylic acids is 1. The van der Waals surface area contributed by atoms with Crippen LogP contribution in [0.4, 0.5) is 14.5 Å². The van der Waals surface area contributed by atoms with E-state index in [1.165, 1.54) is 30.3 Å². The van der Waals surface area contributed by atoms with Gasteiger partial charge < -0.3 is 5.32 Å². The molecule has 0 atom stereocenters. The van der Waals surface area contributed by atoms with Gasteiger partial charge in [-0.05, 0) is 42.5 Å². The average molecular weight is 405 g/mol. The number of anilines is 1. The Labute approximate surface area is 158 Å². The third-order valence-corrected chi connectivity index (χ3v) is 5.27. The van der Waals surface area contributed by atoms with Crippen molar-refractivity contribution >= 4 is 21.4 Å². The first-order chi connectivity index (χ1) is 13.3. The second-order valence-electron chi connectivity index (χ2n) is 5.69. The molecule has 3 aromatic rings. The molecule has 28 heavy (non-hydrogen) atoms. The molecule has 0 saturated heterocycles. The fourth-order valence-electron chi connectivity index (χ4n) is 2.34. The average Bonchev–Trinajstić information content (AvgIpc) is 2.63. The van der Waals surface area contributed by atoms with E-state index in [0.29, 0.717) is 4.68 Å². The molecule has 0 spiro atoms. The van der Waals surface area contributed by atoms with Crippen molar-refractivity contribution in [2.24, 2.45) is 0 Å². The number of nitrogens with zero attached hydrogens (tertiary/aromatic N) is 2. The number of hydrogen-bond acceptors (Lipinski definition) is 5. The van der Waals surface area contributed by atoms with Gasteiger partial charge in [0.05, 0.1) is 4.90 Å². The Morgan fingerprint density at radius 2 is 1.68 bits per heavy atom. The number of carbonyl (C=O) groups is 1. The first-order valence-electron chi connectivity index (χ1n) is 7.90. The lowest BCUT2D eigenvalue weighted by molar-refractivity contribution is -0.117. The predicted molar refractivity (Wildman–Crippen MR) is 95.4 cm³/mol. The van der Waals surface area contributed by atoms with E-state index in [1.54, 1.807) is 0 Å².